The summed E-state index contributed by atoms with van der Waals surface area (Å²) in [7, 11) is 0. The summed E-state index contributed by atoms with van der Waals surface area (Å²) in [6.45, 7) is 3.71. The Labute approximate surface area is 132 Å². The zero-order valence-electron chi connectivity index (χ0n) is 12.4. The van der Waals surface area contributed by atoms with Crippen LogP contribution in [-0.2, 0) is 13.1 Å². The molecule has 0 unspecified atom stereocenters. The molecule has 3 heterocycles. The molecule has 0 fully saturated rings. The third-order valence-electron chi connectivity index (χ3n) is 4.48. The van der Waals surface area contributed by atoms with Crippen molar-refractivity contribution < 1.29 is 0 Å². The molecule has 4 rings (SSSR count). The number of benzene rings is 1. The van der Waals surface area contributed by atoms with Gasteiger partial charge in [0.15, 0.2) is 0 Å². The number of nitrogens with zero attached hydrogens (tertiary/aromatic N) is 3. The van der Waals surface area contributed by atoms with Gasteiger partial charge in [-0.1, -0.05) is 18.2 Å². The van der Waals surface area contributed by atoms with Gasteiger partial charge in [0.1, 0.15) is 0 Å². The maximum atomic E-state index is 12.6. The lowest BCUT2D eigenvalue weighted by Crippen LogP contribution is -2.38. The molecule has 1 aliphatic heterocycles. The minimum Gasteiger partial charge on any atom is -0.277 e. The van der Waals surface area contributed by atoms with Crippen molar-refractivity contribution in [1.82, 2.24) is 14.7 Å². The average molecular weight is 311 g/mol. The fourth-order valence-corrected chi connectivity index (χ4v) is 4.12. The van der Waals surface area contributed by atoms with Crippen LogP contribution in [0.5, 0.6) is 0 Å². The minimum atomic E-state index is -0.0126. The van der Waals surface area contributed by atoms with Crippen molar-refractivity contribution >= 4 is 22.1 Å². The monoisotopic (exact) mass is 311 g/mol. The summed E-state index contributed by atoms with van der Waals surface area (Å²) in [5.41, 5.74) is 1.38. The smallest absolute Gasteiger partial charge is 0.275 e. The zero-order chi connectivity index (χ0) is 15.1. The van der Waals surface area contributed by atoms with Gasteiger partial charge in [0.05, 0.1) is 18.3 Å². The van der Waals surface area contributed by atoms with E-state index in [1.807, 2.05) is 35.6 Å². The third-order valence-corrected chi connectivity index (χ3v) is 5.48. The van der Waals surface area contributed by atoms with Gasteiger partial charge in [0.25, 0.3) is 5.56 Å². The number of thiophene rings is 1. The second-order valence-corrected chi connectivity index (χ2v) is 6.72. The van der Waals surface area contributed by atoms with Crippen LogP contribution in [0.15, 0.2) is 46.7 Å². The molecule has 1 atom stereocenters. The van der Waals surface area contributed by atoms with Gasteiger partial charge >= 0.3 is 0 Å². The highest BCUT2D eigenvalue weighted by Gasteiger charge is 2.25. The Morgan fingerprint density at radius 2 is 2.18 bits per heavy atom. The predicted molar refractivity (Wildman–Crippen MR) is 89.1 cm³/mol. The second kappa shape index (κ2) is 5.34. The molecule has 1 aliphatic rings. The van der Waals surface area contributed by atoms with Crippen LogP contribution in [0.4, 0.5) is 0 Å². The van der Waals surface area contributed by atoms with E-state index >= 15 is 0 Å². The SMILES string of the molecule is C[C@@H]1c2ccsc2CCN1Cn1ncc2ccccc2c1=O. The molecule has 0 spiro atoms. The lowest BCUT2D eigenvalue weighted by molar-refractivity contribution is 0.142. The van der Waals surface area contributed by atoms with E-state index < -0.39 is 0 Å². The van der Waals surface area contributed by atoms with Crippen LogP contribution < -0.4 is 5.56 Å². The first-order chi connectivity index (χ1) is 10.7. The average Bonchev–Trinajstić information content (AvgIpc) is 3.02. The van der Waals surface area contributed by atoms with E-state index in [9.17, 15) is 4.79 Å². The molecule has 112 valence electrons. The highest BCUT2D eigenvalue weighted by molar-refractivity contribution is 7.10. The Balaban J connectivity index is 1.67. The lowest BCUT2D eigenvalue weighted by Gasteiger charge is -2.33. The fourth-order valence-electron chi connectivity index (χ4n) is 3.16. The van der Waals surface area contributed by atoms with E-state index in [0.717, 1.165) is 23.7 Å². The topological polar surface area (TPSA) is 38.1 Å². The number of hydrogen-bond acceptors (Lipinski definition) is 4. The largest absolute Gasteiger partial charge is 0.277 e. The summed E-state index contributed by atoms with van der Waals surface area (Å²) >= 11 is 1.83. The molecule has 4 nitrogen and oxygen atoms in total. The van der Waals surface area contributed by atoms with Gasteiger partial charge in [-0.05, 0) is 36.4 Å². The number of hydrogen-bond donors (Lipinski definition) is 0. The van der Waals surface area contributed by atoms with Crippen LogP contribution in [0.25, 0.3) is 10.8 Å². The molecule has 1 aromatic carbocycles. The van der Waals surface area contributed by atoms with E-state index in [1.54, 1.807) is 10.9 Å². The Bertz CT molecular complexity index is 883. The van der Waals surface area contributed by atoms with Gasteiger partial charge in [0, 0.05) is 22.8 Å². The molecule has 0 saturated heterocycles. The van der Waals surface area contributed by atoms with Gasteiger partial charge < -0.3 is 0 Å². The molecule has 0 saturated carbocycles. The van der Waals surface area contributed by atoms with E-state index in [0.29, 0.717) is 12.7 Å². The zero-order valence-corrected chi connectivity index (χ0v) is 13.2. The van der Waals surface area contributed by atoms with Crippen molar-refractivity contribution in [2.24, 2.45) is 0 Å². The van der Waals surface area contributed by atoms with Gasteiger partial charge in [-0.3, -0.25) is 9.69 Å². The molecule has 3 aromatic rings. The third kappa shape index (κ3) is 2.17. The maximum Gasteiger partial charge on any atom is 0.275 e. The number of rotatable bonds is 2. The van der Waals surface area contributed by atoms with Crippen molar-refractivity contribution in [3.63, 3.8) is 0 Å². The fraction of sp³-hybridized carbons (Fsp3) is 0.294. The lowest BCUT2D eigenvalue weighted by atomic mass is 10.0. The molecule has 2 aromatic heterocycles. The van der Waals surface area contributed by atoms with Crippen LogP contribution in [0.2, 0.25) is 0 Å². The van der Waals surface area contributed by atoms with Crippen molar-refractivity contribution in [2.75, 3.05) is 6.54 Å². The Morgan fingerprint density at radius 3 is 3.09 bits per heavy atom. The van der Waals surface area contributed by atoms with Crippen molar-refractivity contribution in [1.29, 1.82) is 0 Å². The summed E-state index contributed by atoms with van der Waals surface area (Å²) in [6.07, 6.45) is 2.83. The molecule has 5 heteroatoms. The van der Waals surface area contributed by atoms with Crippen molar-refractivity contribution in [3.05, 3.63) is 62.7 Å². The van der Waals surface area contributed by atoms with E-state index in [4.69, 9.17) is 0 Å². The standard InChI is InChI=1S/C17H17N3OS/c1-12-14-7-9-22-16(14)6-8-19(12)11-20-17(21)15-5-3-2-4-13(15)10-18-20/h2-5,7,9-10,12H,6,8,11H2,1H3/t12-/m1/s1. The van der Waals surface area contributed by atoms with Gasteiger partial charge in [-0.15, -0.1) is 11.3 Å². The van der Waals surface area contributed by atoms with Crippen LogP contribution in [0.3, 0.4) is 0 Å². The predicted octanol–water partition coefficient (Wildman–Crippen LogP) is 3.03. The normalized spacial score (nSPS) is 18.5. The molecular weight excluding hydrogens is 294 g/mol. The number of fused-ring (bicyclic) bond motifs is 2. The van der Waals surface area contributed by atoms with Gasteiger partial charge in [0.2, 0.25) is 0 Å². The Kier molecular flexibility index (Phi) is 3.32. The Morgan fingerprint density at radius 1 is 1.32 bits per heavy atom. The van der Waals surface area contributed by atoms with Crippen molar-refractivity contribution in [2.45, 2.75) is 26.1 Å². The molecule has 0 bridgehead atoms. The van der Waals surface area contributed by atoms with Gasteiger partial charge in [-0.25, -0.2) is 4.68 Å². The Hall–Kier alpha value is -1.98. The summed E-state index contributed by atoms with van der Waals surface area (Å²) in [6, 6.07) is 10.2. The van der Waals surface area contributed by atoms with Crippen LogP contribution in [0.1, 0.15) is 23.4 Å². The quantitative estimate of drug-likeness (QED) is 0.730. The second-order valence-electron chi connectivity index (χ2n) is 5.72. The molecule has 0 radical (unpaired) electrons. The van der Waals surface area contributed by atoms with Crippen LogP contribution >= 0.6 is 11.3 Å². The van der Waals surface area contributed by atoms with Crippen molar-refractivity contribution in [3.8, 4) is 0 Å². The molecule has 0 aliphatic carbocycles. The van der Waals surface area contributed by atoms with E-state index in [1.165, 1.54) is 10.4 Å². The minimum absolute atomic E-state index is 0.0126. The molecular formula is C17H17N3OS. The molecule has 0 N–H and O–H groups in total. The molecule has 0 amide bonds. The van der Waals surface area contributed by atoms with Gasteiger partial charge in [-0.2, -0.15) is 5.10 Å². The number of aromatic nitrogens is 2. The van der Waals surface area contributed by atoms with Crippen LogP contribution in [-0.4, -0.2) is 21.2 Å². The summed E-state index contributed by atoms with van der Waals surface area (Å²) < 4.78 is 1.58. The maximum absolute atomic E-state index is 12.6. The first-order valence-corrected chi connectivity index (χ1v) is 8.37. The van der Waals surface area contributed by atoms with E-state index in [-0.39, 0.29) is 5.56 Å². The summed E-state index contributed by atoms with van der Waals surface area (Å²) in [4.78, 5) is 16.4. The van der Waals surface area contributed by atoms with Crippen LogP contribution in [0, 0.1) is 0 Å². The highest BCUT2D eigenvalue weighted by Crippen LogP contribution is 2.32. The first kappa shape index (κ1) is 13.7. The molecule has 22 heavy (non-hydrogen) atoms. The first-order valence-electron chi connectivity index (χ1n) is 7.49. The highest BCUT2D eigenvalue weighted by atomic mass is 32.1. The summed E-state index contributed by atoms with van der Waals surface area (Å²) in [5.74, 6) is 0. The summed E-state index contributed by atoms with van der Waals surface area (Å²) in [5, 5.41) is 8.13. The van der Waals surface area contributed by atoms with E-state index in [2.05, 4.69) is 28.4 Å².